The zero-order valence-corrected chi connectivity index (χ0v) is 24.4. The molecule has 2 aliphatic rings. The number of benzene rings is 4. The van der Waals surface area contributed by atoms with E-state index in [0.717, 1.165) is 0 Å². The van der Waals surface area contributed by atoms with Crippen LogP contribution in [0, 0.1) is 0 Å². The van der Waals surface area contributed by atoms with Gasteiger partial charge in [-0.2, -0.15) is 0 Å². The molecule has 4 aromatic rings. The molecule has 6 rings (SSSR count). The zero-order chi connectivity index (χ0) is 31.2. The average molecular weight is 589 g/mol. The average Bonchev–Trinajstić information content (AvgIpc) is 2.91. The highest BCUT2D eigenvalue weighted by molar-refractivity contribution is 6.21. The number of ketones is 2. The van der Waals surface area contributed by atoms with E-state index in [4.69, 9.17) is 14.2 Å². The third-order valence-corrected chi connectivity index (χ3v) is 8.56. The van der Waals surface area contributed by atoms with Crippen molar-refractivity contribution in [1.29, 1.82) is 0 Å². The van der Waals surface area contributed by atoms with E-state index in [-0.39, 0.29) is 81.5 Å². The van der Waals surface area contributed by atoms with Gasteiger partial charge < -0.3 is 39.7 Å². The number of aliphatic hydroxyl groups is 2. The molecule has 0 aliphatic heterocycles. The van der Waals surface area contributed by atoms with E-state index >= 15 is 0 Å². The summed E-state index contributed by atoms with van der Waals surface area (Å²) in [5.41, 5.74) is -1.76. The number of aromatic hydroxyl groups is 3. The quantitative estimate of drug-likeness (QED) is 0.228. The smallest absolute Gasteiger partial charge is 0.169 e. The summed E-state index contributed by atoms with van der Waals surface area (Å²) >= 11 is 0. The SMILES string of the molecule is COc1cc(O)c2c(O)c3c(c(-c4c5c(c(O)c6c(OC)cc(OC)cc46)C(=O)C[C@](C)(O)C5)c2c1)C[C@](C)(O)CC3=O. The topological polar surface area (TPSA) is 163 Å². The van der Waals surface area contributed by atoms with Crippen LogP contribution in [0.4, 0.5) is 0 Å². The van der Waals surface area contributed by atoms with Crippen LogP contribution in [0.5, 0.6) is 34.5 Å². The van der Waals surface area contributed by atoms with E-state index in [0.29, 0.717) is 27.8 Å². The molecule has 5 N–H and O–H groups in total. The number of ether oxygens (including phenoxy) is 3. The number of rotatable bonds is 4. The van der Waals surface area contributed by atoms with E-state index in [9.17, 15) is 35.1 Å². The van der Waals surface area contributed by atoms with Crippen molar-refractivity contribution in [3.05, 3.63) is 46.5 Å². The predicted octanol–water partition coefficient (Wildman–Crippen LogP) is 4.56. The number of phenols is 3. The highest BCUT2D eigenvalue weighted by Gasteiger charge is 2.42. The molecule has 10 nitrogen and oxygen atoms in total. The molecule has 2 aliphatic carbocycles. The van der Waals surface area contributed by atoms with Gasteiger partial charge in [0.25, 0.3) is 0 Å². The van der Waals surface area contributed by atoms with Gasteiger partial charge in [-0.25, -0.2) is 0 Å². The van der Waals surface area contributed by atoms with Gasteiger partial charge in [-0.15, -0.1) is 0 Å². The third kappa shape index (κ3) is 4.24. The van der Waals surface area contributed by atoms with E-state index in [1.165, 1.54) is 41.2 Å². The Kier molecular flexibility index (Phi) is 6.30. The van der Waals surface area contributed by atoms with Gasteiger partial charge in [-0.1, -0.05) is 0 Å². The number of fused-ring (bicyclic) bond motifs is 4. The van der Waals surface area contributed by atoms with Crippen LogP contribution < -0.4 is 14.2 Å². The number of phenolic OH excluding ortho intramolecular Hbond substituents is 3. The number of hydrogen-bond donors (Lipinski definition) is 5. The fourth-order valence-electron chi connectivity index (χ4n) is 6.87. The van der Waals surface area contributed by atoms with Gasteiger partial charge >= 0.3 is 0 Å². The molecule has 10 heteroatoms. The lowest BCUT2D eigenvalue weighted by Crippen LogP contribution is -2.37. The first-order valence-corrected chi connectivity index (χ1v) is 13.8. The van der Waals surface area contributed by atoms with Crippen LogP contribution in [-0.2, 0) is 12.8 Å². The number of carbonyl (C=O) groups is 2. The van der Waals surface area contributed by atoms with Gasteiger partial charge in [0.1, 0.15) is 34.5 Å². The molecule has 43 heavy (non-hydrogen) atoms. The molecule has 2 atom stereocenters. The Morgan fingerprint density at radius 3 is 1.51 bits per heavy atom. The summed E-state index contributed by atoms with van der Waals surface area (Å²) in [6.07, 6.45) is -0.622. The minimum absolute atomic E-state index is 0.00604. The summed E-state index contributed by atoms with van der Waals surface area (Å²) in [4.78, 5) is 27.2. The lowest BCUT2D eigenvalue weighted by molar-refractivity contribution is 0.0393. The second-order valence-corrected chi connectivity index (χ2v) is 12.0. The molecule has 0 aromatic heterocycles. The second-order valence-electron chi connectivity index (χ2n) is 12.0. The summed E-state index contributed by atoms with van der Waals surface area (Å²) in [6, 6.07) is 6.11. The molecule has 0 unspecified atom stereocenters. The molecule has 0 amide bonds. The van der Waals surface area contributed by atoms with E-state index in [1.807, 2.05) is 0 Å². The Morgan fingerprint density at radius 1 is 0.605 bits per heavy atom. The fourth-order valence-corrected chi connectivity index (χ4v) is 6.87. The second kappa shape index (κ2) is 9.48. The van der Waals surface area contributed by atoms with E-state index < -0.39 is 28.5 Å². The first-order valence-electron chi connectivity index (χ1n) is 13.8. The van der Waals surface area contributed by atoms with E-state index in [2.05, 4.69) is 0 Å². The number of hydrogen-bond acceptors (Lipinski definition) is 10. The zero-order valence-electron chi connectivity index (χ0n) is 24.4. The Morgan fingerprint density at radius 2 is 1.05 bits per heavy atom. The van der Waals surface area contributed by atoms with Crippen LogP contribution in [0.15, 0.2) is 24.3 Å². The van der Waals surface area contributed by atoms with Gasteiger partial charge in [-0.05, 0) is 48.2 Å². The van der Waals surface area contributed by atoms with Crippen molar-refractivity contribution in [2.45, 2.75) is 50.7 Å². The summed E-state index contributed by atoms with van der Waals surface area (Å²) < 4.78 is 16.6. The molecule has 224 valence electrons. The highest BCUT2D eigenvalue weighted by atomic mass is 16.5. The van der Waals surface area contributed by atoms with Crippen molar-refractivity contribution in [2.24, 2.45) is 0 Å². The first-order chi connectivity index (χ1) is 20.2. The summed E-state index contributed by atoms with van der Waals surface area (Å²) in [6.45, 7) is 3.05. The fraction of sp³-hybridized carbons (Fsp3) is 0.333. The molecular weight excluding hydrogens is 556 g/mol. The molecule has 0 spiro atoms. The van der Waals surface area contributed by atoms with Gasteiger partial charge in [0, 0.05) is 48.6 Å². The third-order valence-electron chi connectivity index (χ3n) is 8.56. The van der Waals surface area contributed by atoms with Crippen LogP contribution in [0.25, 0.3) is 32.7 Å². The monoisotopic (exact) mass is 588 g/mol. The maximum absolute atomic E-state index is 13.6. The van der Waals surface area contributed by atoms with Crippen molar-refractivity contribution in [3.8, 4) is 45.6 Å². The van der Waals surface area contributed by atoms with Gasteiger partial charge in [0.15, 0.2) is 11.6 Å². The number of carbonyl (C=O) groups excluding carboxylic acids is 2. The van der Waals surface area contributed by atoms with Crippen LogP contribution in [0.2, 0.25) is 0 Å². The molecule has 0 heterocycles. The summed E-state index contributed by atoms with van der Waals surface area (Å²) in [7, 11) is 4.29. The normalized spacial score (nSPS) is 21.6. The van der Waals surface area contributed by atoms with Crippen molar-refractivity contribution in [1.82, 2.24) is 0 Å². The largest absolute Gasteiger partial charge is 0.507 e. The van der Waals surface area contributed by atoms with Crippen LogP contribution >= 0.6 is 0 Å². The van der Waals surface area contributed by atoms with Gasteiger partial charge in [-0.3, -0.25) is 9.59 Å². The molecule has 4 aromatic carbocycles. The molecule has 0 radical (unpaired) electrons. The van der Waals surface area contributed by atoms with Crippen LogP contribution in [0.3, 0.4) is 0 Å². The molecular formula is C33H32O10. The minimum atomic E-state index is -1.48. The predicted molar refractivity (Wildman–Crippen MR) is 158 cm³/mol. The van der Waals surface area contributed by atoms with Crippen LogP contribution in [0.1, 0.15) is 58.5 Å². The van der Waals surface area contributed by atoms with E-state index in [1.54, 1.807) is 18.2 Å². The molecule has 0 bridgehead atoms. The van der Waals surface area contributed by atoms with Gasteiger partial charge in [0.05, 0.1) is 54.4 Å². The maximum atomic E-state index is 13.6. The van der Waals surface area contributed by atoms with Crippen LogP contribution in [-0.4, -0.2) is 69.6 Å². The highest BCUT2D eigenvalue weighted by Crippen LogP contribution is 2.55. The Hall–Kier alpha value is -4.54. The molecule has 0 saturated carbocycles. The summed E-state index contributed by atoms with van der Waals surface area (Å²) in [5, 5.41) is 57.5. The number of methoxy groups -OCH3 is 3. The standard InChI is InChI=1S/C33H32O10/c1-32(39)10-18-24(16-6-14(41-3)8-20(34)26(16)30(37)27(18)21(35)12-32)25-17-7-15(42-4)9-23(43-5)29(17)31(38)28-19(25)11-33(2,40)13-22(28)36/h6-9,34,37-40H,10-13H2,1-5H3/t32-,33+/m0/s1. The van der Waals surface area contributed by atoms with Crippen molar-refractivity contribution in [2.75, 3.05) is 21.3 Å². The lowest BCUT2D eigenvalue weighted by Gasteiger charge is -2.35. The molecule has 0 fully saturated rings. The molecule has 0 saturated heterocycles. The lowest BCUT2D eigenvalue weighted by atomic mass is 9.71. The number of Topliss-reactive ketones (excluding diaryl/α,β-unsaturated/α-hetero) is 2. The Balaban J connectivity index is 1.96. The minimum Gasteiger partial charge on any atom is -0.507 e. The van der Waals surface area contributed by atoms with Crippen molar-refractivity contribution < 1.29 is 49.3 Å². The van der Waals surface area contributed by atoms with Crippen molar-refractivity contribution in [3.63, 3.8) is 0 Å². The Bertz CT molecular complexity index is 1900. The Labute approximate surface area is 246 Å². The maximum Gasteiger partial charge on any atom is 0.169 e. The van der Waals surface area contributed by atoms with Crippen molar-refractivity contribution >= 4 is 33.1 Å². The first kappa shape index (κ1) is 28.6. The van der Waals surface area contributed by atoms with Gasteiger partial charge in [0.2, 0.25) is 0 Å². The summed E-state index contributed by atoms with van der Waals surface area (Å²) in [5.74, 6) is -1.33.